The Hall–Kier alpha value is -4.79. The number of nitrogens with one attached hydrogen (secondary N) is 1. The van der Waals surface area contributed by atoms with Gasteiger partial charge in [-0.15, -0.1) is 0 Å². The fourth-order valence-electron chi connectivity index (χ4n) is 3.74. The number of anilines is 1. The monoisotopic (exact) mass is 521 g/mol. The minimum atomic E-state index is -0.250. The van der Waals surface area contributed by atoms with Gasteiger partial charge in [-0.05, 0) is 53.6 Å². The van der Waals surface area contributed by atoms with Crippen LogP contribution in [0.4, 0.5) is 5.69 Å². The maximum absolute atomic E-state index is 12.7. The van der Waals surface area contributed by atoms with E-state index in [1.165, 1.54) is 33.6 Å². The average molecular weight is 522 g/mol. The molecule has 0 aliphatic carbocycles. The van der Waals surface area contributed by atoms with Gasteiger partial charge in [0.15, 0.2) is 40.3 Å². The van der Waals surface area contributed by atoms with Crippen molar-refractivity contribution in [2.24, 2.45) is 0 Å². The highest BCUT2D eigenvalue weighted by atomic mass is 16.5. The number of rotatable bonds is 12. The molecule has 0 spiro atoms. The van der Waals surface area contributed by atoms with Gasteiger partial charge in [0.2, 0.25) is 5.75 Å². The number of ketones is 1. The van der Waals surface area contributed by atoms with Crippen molar-refractivity contribution in [1.29, 1.82) is 0 Å². The Balaban J connectivity index is 1.84. The highest BCUT2D eigenvalue weighted by Gasteiger charge is 2.13. The van der Waals surface area contributed by atoms with Crippen LogP contribution in [-0.2, 0) is 0 Å². The third-order valence-corrected chi connectivity index (χ3v) is 5.59. The molecule has 0 bridgehead atoms. The number of hydrogen-bond donors (Lipinski definition) is 2. The van der Waals surface area contributed by atoms with Gasteiger partial charge < -0.3 is 38.8 Å². The molecule has 0 aliphatic heterocycles. The second kappa shape index (κ2) is 13.0. The Bertz CT molecular complexity index is 1320. The van der Waals surface area contributed by atoms with Gasteiger partial charge in [0.05, 0.1) is 48.3 Å². The third kappa shape index (κ3) is 6.31. The molecule has 0 aliphatic rings. The minimum Gasteiger partial charge on any atom is -0.504 e. The largest absolute Gasteiger partial charge is 0.504 e. The number of hydrogen-bond acceptors (Lipinski definition) is 9. The minimum absolute atomic E-state index is 0.0679. The molecule has 38 heavy (non-hydrogen) atoms. The molecule has 0 radical (unpaired) electrons. The highest BCUT2D eigenvalue weighted by molar-refractivity contribution is 6.05. The van der Waals surface area contributed by atoms with Gasteiger partial charge in [-0.3, -0.25) is 4.79 Å². The van der Waals surface area contributed by atoms with E-state index in [4.69, 9.17) is 28.4 Å². The van der Waals surface area contributed by atoms with Crippen LogP contribution in [0.3, 0.4) is 0 Å². The summed E-state index contributed by atoms with van der Waals surface area (Å²) >= 11 is 0. The maximum atomic E-state index is 12.7. The smallest absolute Gasteiger partial charge is 0.203 e. The summed E-state index contributed by atoms with van der Waals surface area (Å²) in [6.07, 6.45) is 6.49. The molecule has 0 saturated heterocycles. The number of carbonyl (C=O) groups is 1. The first-order chi connectivity index (χ1) is 18.4. The lowest BCUT2D eigenvalue weighted by Crippen LogP contribution is -1.99. The predicted molar refractivity (Wildman–Crippen MR) is 146 cm³/mol. The van der Waals surface area contributed by atoms with Crippen LogP contribution in [0.1, 0.15) is 21.5 Å². The molecule has 9 heteroatoms. The Labute approximate surface area is 221 Å². The van der Waals surface area contributed by atoms with Crippen LogP contribution in [0.25, 0.3) is 12.2 Å². The first kappa shape index (κ1) is 27.8. The first-order valence-corrected chi connectivity index (χ1v) is 11.5. The molecule has 3 rings (SSSR count). The van der Waals surface area contributed by atoms with Crippen molar-refractivity contribution in [3.05, 3.63) is 71.4 Å². The lowest BCUT2D eigenvalue weighted by atomic mass is 10.1. The summed E-state index contributed by atoms with van der Waals surface area (Å²) in [6, 6.07) is 11.9. The van der Waals surface area contributed by atoms with Crippen LogP contribution < -0.4 is 33.7 Å². The summed E-state index contributed by atoms with van der Waals surface area (Å²) in [5.74, 6) is 2.45. The van der Waals surface area contributed by atoms with Crippen LogP contribution >= 0.6 is 0 Å². The number of methoxy groups -OCH3 is 6. The number of phenolic OH excluding ortho intramolecular Hbond substituents is 1. The van der Waals surface area contributed by atoms with E-state index in [9.17, 15) is 9.90 Å². The van der Waals surface area contributed by atoms with Crippen LogP contribution in [0, 0.1) is 0 Å². The Morgan fingerprint density at radius 1 is 0.684 bits per heavy atom. The molecule has 2 N–H and O–H groups in total. The fourth-order valence-corrected chi connectivity index (χ4v) is 3.74. The van der Waals surface area contributed by atoms with E-state index in [1.54, 1.807) is 51.7 Å². The molecule has 3 aromatic rings. The summed E-state index contributed by atoms with van der Waals surface area (Å²) in [5, 5.41) is 13.5. The number of ether oxygens (including phenoxy) is 6. The summed E-state index contributed by atoms with van der Waals surface area (Å²) in [4.78, 5) is 12.7. The van der Waals surface area contributed by atoms with E-state index in [2.05, 4.69) is 5.32 Å². The molecule has 0 amide bonds. The molecule has 3 aromatic carbocycles. The number of phenols is 1. The van der Waals surface area contributed by atoms with Gasteiger partial charge >= 0.3 is 0 Å². The van der Waals surface area contributed by atoms with E-state index in [-0.39, 0.29) is 17.3 Å². The molecular weight excluding hydrogens is 490 g/mol. The molecule has 9 nitrogen and oxygen atoms in total. The fraction of sp³-hybridized carbons (Fsp3) is 0.207. The molecular formula is C29H31NO8. The Morgan fingerprint density at radius 3 is 1.82 bits per heavy atom. The molecule has 0 aromatic heterocycles. The number of carbonyl (C=O) groups excluding carboxylic acids is 1. The highest BCUT2D eigenvalue weighted by Crippen LogP contribution is 2.39. The van der Waals surface area contributed by atoms with Gasteiger partial charge in [-0.1, -0.05) is 12.2 Å². The lowest BCUT2D eigenvalue weighted by Gasteiger charge is -2.13. The van der Waals surface area contributed by atoms with Crippen LogP contribution in [0.2, 0.25) is 0 Å². The van der Waals surface area contributed by atoms with Crippen molar-refractivity contribution >= 4 is 23.6 Å². The van der Waals surface area contributed by atoms with Gasteiger partial charge in [0.25, 0.3) is 0 Å². The number of aromatic hydroxyl groups is 1. The molecule has 0 heterocycles. The van der Waals surface area contributed by atoms with E-state index in [1.807, 2.05) is 24.3 Å². The van der Waals surface area contributed by atoms with Crippen molar-refractivity contribution in [3.63, 3.8) is 0 Å². The van der Waals surface area contributed by atoms with Crippen LogP contribution in [-0.4, -0.2) is 53.5 Å². The zero-order valence-electron chi connectivity index (χ0n) is 22.2. The second-order valence-electron chi connectivity index (χ2n) is 7.82. The predicted octanol–water partition coefficient (Wildman–Crippen LogP) is 5.42. The van der Waals surface area contributed by atoms with Gasteiger partial charge in [0, 0.05) is 17.8 Å². The SMILES string of the molecule is COc1ccc(C(=O)C=CNc2cc(C=Cc3cc(OC)c(OC)c(OC)c3)cc(O)c2OC)cc1OC. The molecule has 0 atom stereocenters. The van der Waals surface area contributed by atoms with Crippen molar-refractivity contribution in [2.75, 3.05) is 48.0 Å². The van der Waals surface area contributed by atoms with E-state index < -0.39 is 0 Å². The maximum Gasteiger partial charge on any atom is 0.203 e. The van der Waals surface area contributed by atoms with Crippen molar-refractivity contribution in [2.45, 2.75) is 0 Å². The van der Waals surface area contributed by atoms with E-state index >= 15 is 0 Å². The number of benzene rings is 3. The summed E-state index contributed by atoms with van der Waals surface area (Å²) in [5.41, 5.74) is 2.37. The van der Waals surface area contributed by atoms with Crippen molar-refractivity contribution in [1.82, 2.24) is 0 Å². The summed E-state index contributed by atoms with van der Waals surface area (Å²) in [7, 11) is 9.12. The molecule has 0 saturated carbocycles. The van der Waals surface area contributed by atoms with Crippen molar-refractivity contribution < 1.29 is 38.3 Å². The van der Waals surface area contributed by atoms with Crippen molar-refractivity contribution in [3.8, 4) is 40.2 Å². The second-order valence-corrected chi connectivity index (χ2v) is 7.82. The normalized spacial score (nSPS) is 10.9. The number of allylic oxidation sites excluding steroid dienone is 1. The summed E-state index contributed by atoms with van der Waals surface area (Å²) < 4.78 is 32.0. The zero-order valence-corrected chi connectivity index (χ0v) is 22.2. The van der Waals surface area contributed by atoms with Crippen LogP contribution in [0.15, 0.2) is 54.7 Å². The summed E-state index contributed by atoms with van der Waals surface area (Å²) in [6.45, 7) is 0. The topological polar surface area (TPSA) is 105 Å². The van der Waals surface area contributed by atoms with E-state index in [0.29, 0.717) is 45.6 Å². The van der Waals surface area contributed by atoms with Gasteiger partial charge in [-0.25, -0.2) is 0 Å². The third-order valence-electron chi connectivity index (χ3n) is 5.59. The molecule has 0 fully saturated rings. The zero-order chi connectivity index (χ0) is 27.7. The Morgan fingerprint density at radius 2 is 1.26 bits per heavy atom. The molecule has 200 valence electrons. The van der Waals surface area contributed by atoms with Gasteiger partial charge in [-0.2, -0.15) is 0 Å². The van der Waals surface area contributed by atoms with Crippen LogP contribution in [0.5, 0.6) is 40.2 Å². The van der Waals surface area contributed by atoms with Gasteiger partial charge in [0.1, 0.15) is 0 Å². The quantitative estimate of drug-likeness (QED) is 0.184. The lowest BCUT2D eigenvalue weighted by molar-refractivity contribution is 0.104. The standard InChI is InChI=1S/C29H31NO8/c1-33-24-10-9-20(17-25(24)34-2)22(31)11-12-30-21-13-18(14-23(32)28(21)37-5)7-8-19-15-26(35-3)29(38-6)27(16-19)36-4/h7-17,30,32H,1-6H3. The Kier molecular flexibility index (Phi) is 9.48. The molecule has 0 unspecified atom stereocenters. The first-order valence-electron chi connectivity index (χ1n) is 11.5. The average Bonchev–Trinajstić information content (AvgIpc) is 2.94. The van der Waals surface area contributed by atoms with E-state index in [0.717, 1.165) is 5.56 Å².